The van der Waals surface area contributed by atoms with Gasteiger partial charge >= 0.3 is 0 Å². The van der Waals surface area contributed by atoms with Crippen LogP contribution in [0.4, 0.5) is 4.39 Å². The molecular weight excluding hydrogens is 312 g/mol. The van der Waals surface area contributed by atoms with Crippen LogP contribution in [0.1, 0.15) is 5.56 Å². The van der Waals surface area contributed by atoms with Crippen molar-refractivity contribution in [1.82, 2.24) is 5.32 Å². The molecule has 0 aliphatic heterocycles. The van der Waals surface area contributed by atoms with Gasteiger partial charge in [-0.05, 0) is 43.3 Å². The first kappa shape index (κ1) is 16.1. The fourth-order valence-electron chi connectivity index (χ4n) is 1.97. The van der Waals surface area contributed by atoms with Crippen LogP contribution in [0.15, 0.2) is 42.5 Å². The van der Waals surface area contributed by atoms with Crippen LogP contribution in [-0.2, 0) is 6.42 Å². The van der Waals surface area contributed by atoms with Crippen molar-refractivity contribution in [1.29, 1.82) is 0 Å². The molecule has 0 bridgehead atoms. The lowest BCUT2D eigenvalue weighted by Crippen LogP contribution is -2.34. The Labute approximate surface area is 133 Å². The van der Waals surface area contributed by atoms with Gasteiger partial charge in [0.2, 0.25) is 0 Å². The molecule has 2 aromatic carbocycles. The summed E-state index contributed by atoms with van der Waals surface area (Å²) in [5, 5.41) is 3.94. The van der Waals surface area contributed by atoms with Crippen LogP contribution in [0.5, 0.6) is 5.75 Å². The maximum atomic E-state index is 13.4. The van der Waals surface area contributed by atoms with Crippen molar-refractivity contribution in [2.45, 2.75) is 12.5 Å². The second-order valence-corrected chi connectivity index (χ2v) is 5.49. The highest BCUT2D eigenvalue weighted by Crippen LogP contribution is 2.22. The molecule has 0 saturated carbocycles. The van der Waals surface area contributed by atoms with E-state index in [-0.39, 0.29) is 11.1 Å². The van der Waals surface area contributed by atoms with E-state index < -0.39 is 5.82 Å². The normalized spacial score (nSPS) is 12.2. The van der Waals surface area contributed by atoms with Crippen LogP contribution in [0.2, 0.25) is 10.0 Å². The smallest absolute Gasteiger partial charge is 0.142 e. The third kappa shape index (κ3) is 4.60. The largest absolute Gasteiger partial charge is 0.492 e. The molecule has 0 radical (unpaired) electrons. The monoisotopic (exact) mass is 327 g/mol. The molecule has 1 unspecified atom stereocenters. The molecule has 2 rings (SSSR count). The summed E-state index contributed by atoms with van der Waals surface area (Å²) in [5.41, 5.74) is 0.755. The summed E-state index contributed by atoms with van der Waals surface area (Å²) in [6, 6.07) is 12.0. The topological polar surface area (TPSA) is 21.3 Å². The molecule has 0 spiro atoms. The summed E-state index contributed by atoms with van der Waals surface area (Å²) in [5.74, 6) is 0.299. The molecule has 1 atom stereocenters. The lowest BCUT2D eigenvalue weighted by molar-refractivity contribution is 0.269. The molecule has 0 aliphatic carbocycles. The highest BCUT2D eigenvalue weighted by molar-refractivity contribution is 6.31. The van der Waals surface area contributed by atoms with Crippen LogP contribution >= 0.6 is 23.2 Å². The van der Waals surface area contributed by atoms with Crippen molar-refractivity contribution in [2.75, 3.05) is 13.7 Å². The zero-order chi connectivity index (χ0) is 15.2. The van der Waals surface area contributed by atoms with Gasteiger partial charge in [-0.15, -0.1) is 0 Å². The summed E-state index contributed by atoms with van der Waals surface area (Å²) in [7, 11) is 1.83. The molecule has 0 aromatic heterocycles. The van der Waals surface area contributed by atoms with Gasteiger partial charge in [-0.25, -0.2) is 4.39 Å². The zero-order valence-corrected chi connectivity index (χ0v) is 13.1. The number of likely N-dealkylation sites (N-methyl/N-ethyl adjacent to an activating group) is 1. The Morgan fingerprint density at radius 3 is 2.67 bits per heavy atom. The predicted octanol–water partition coefficient (Wildman–Crippen LogP) is 4.34. The number of ether oxygens (including phenoxy) is 1. The first-order chi connectivity index (χ1) is 10.1. The average molecular weight is 328 g/mol. The Bertz CT molecular complexity index is 607. The van der Waals surface area contributed by atoms with Crippen molar-refractivity contribution in [3.05, 3.63) is 63.9 Å². The molecule has 5 heteroatoms. The minimum atomic E-state index is -0.403. The Balaban J connectivity index is 1.99. The van der Waals surface area contributed by atoms with E-state index in [9.17, 15) is 4.39 Å². The molecule has 2 aromatic rings. The van der Waals surface area contributed by atoms with E-state index in [4.69, 9.17) is 27.9 Å². The van der Waals surface area contributed by atoms with Gasteiger partial charge in [0.25, 0.3) is 0 Å². The van der Waals surface area contributed by atoms with Gasteiger partial charge in [0.05, 0.1) is 5.02 Å². The molecule has 0 saturated heterocycles. The van der Waals surface area contributed by atoms with E-state index in [1.807, 2.05) is 25.2 Å². The average Bonchev–Trinajstić information content (AvgIpc) is 2.48. The van der Waals surface area contributed by atoms with Gasteiger partial charge in [0.1, 0.15) is 18.2 Å². The SMILES string of the molecule is CNC(COc1cccc(Cl)c1)Cc1cccc(F)c1Cl. The molecule has 2 nitrogen and oxygen atoms in total. The Kier molecular flexibility index (Phi) is 5.85. The van der Waals surface area contributed by atoms with Crippen LogP contribution in [0.25, 0.3) is 0 Å². The highest BCUT2D eigenvalue weighted by atomic mass is 35.5. The Hall–Kier alpha value is -1.29. The number of benzene rings is 2. The van der Waals surface area contributed by atoms with Crippen molar-refractivity contribution in [2.24, 2.45) is 0 Å². The van der Waals surface area contributed by atoms with Crippen LogP contribution in [0.3, 0.4) is 0 Å². The van der Waals surface area contributed by atoms with Gasteiger partial charge in [-0.1, -0.05) is 41.4 Å². The summed E-state index contributed by atoms with van der Waals surface area (Å²) in [6.45, 7) is 0.434. The fourth-order valence-corrected chi connectivity index (χ4v) is 2.35. The van der Waals surface area contributed by atoms with E-state index in [0.29, 0.717) is 23.8 Å². The van der Waals surface area contributed by atoms with Gasteiger partial charge in [0.15, 0.2) is 0 Å². The Morgan fingerprint density at radius 2 is 1.95 bits per heavy atom. The Morgan fingerprint density at radius 1 is 1.19 bits per heavy atom. The zero-order valence-electron chi connectivity index (χ0n) is 11.6. The van der Waals surface area contributed by atoms with Crippen molar-refractivity contribution >= 4 is 23.2 Å². The number of hydrogen-bond donors (Lipinski definition) is 1. The van der Waals surface area contributed by atoms with Crippen LogP contribution < -0.4 is 10.1 Å². The number of rotatable bonds is 6. The second kappa shape index (κ2) is 7.64. The fraction of sp³-hybridized carbons (Fsp3) is 0.250. The van der Waals surface area contributed by atoms with E-state index in [1.165, 1.54) is 6.07 Å². The van der Waals surface area contributed by atoms with Gasteiger partial charge in [-0.2, -0.15) is 0 Å². The van der Waals surface area contributed by atoms with E-state index in [2.05, 4.69) is 5.32 Å². The molecule has 112 valence electrons. The lowest BCUT2D eigenvalue weighted by atomic mass is 10.1. The highest BCUT2D eigenvalue weighted by Gasteiger charge is 2.13. The molecule has 0 amide bonds. The van der Waals surface area contributed by atoms with Crippen molar-refractivity contribution < 1.29 is 9.13 Å². The molecule has 21 heavy (non-hydrogen) atoms. The summed E-state index contributed by atoms with van der Waals surface area (Å²) in [6.07, 6.45) is 0.577. The van der Waals surface area contributed by atoms with E-state index in [1.54, 1.807) is 18.2 Å². The molecule has 0 heterocycles. The first-order valence-electron chi connectivity index (χ1n) is 6.58. The molecule has 0 fully saturated rings. The van der Waals surface area contributed by atoms with Gasteiger partial charge < -0.3 is 10.1 Å². The summed E-state index contributed by atoms with van der Waals surface area (Å²) in [4.78, 5) is 0. The second-order valence-electron chi connectivity index (χ2n) is 4.67. The third-order valence-electron chi connectivity index (χ3n) is 3.15. The summed E-state index contributed by atoms with van der Waals surface area (Å²) >= 11 is 11.9. The molecule has 0 aliphatic rings. The lowest BCUT2D eigenvalue weighted by Gasteiger charge is -2.18. The standard InChI is InChI=1S/C16H16Cl2FNO/c1-20-13(8-11-4-2-7-15(19)16(11)18)10-21-14-6-3-5-12(17)9-14/h2-7,9,13,20H,8,10H2,1H3. The number of hydrogen-bond acceptors (Lipinski definition) is 2. The minimum absolute atomic E-state index is 0.0169. The molecule has 1 N–H and O–H groups in total. The van der Waals surface area contributed by atoms with E-state index in [0.717, 1.165) is 5.56 Å². The first-order valence-corrected chi connectivity index (χ1v) is 7.34. The van der Waals surface area contributed by atoms with Crippen LogP contribution in [-0.4, -0.2) is 19.7 Å². The van der Waals surface area contributed by atoms with E-state index >= 15 is 0 Å². The van der Waals surface area contributed by atoms with Gasteiger partial charge in [0, 0.05) is 11.1 Å². The third-order valence-corrected chi connectivity index (χ3v) is 3.81. The maximum absolute atomic E-state index is 13.4. The van der Waals surface area contributed by atoms with Crippen molar-refractivity contribution in [3.63, 3.8) is 0 Å². The van der Waals surface area contributed by atoms with Gasteiger partial charge in [-0.3, -0.25) is 0 Å². The predicted molar refractivity (Wildman–Crippen MR) is 84.9 cm³/mol. The maximum Gasteiger partial charge on any atom is 0.142 e. The van der Waals surface area contributed by atoms with Crippen molar-refractivity contribution in [3.8, 4) is 5.75 Å². The minimum Gasteiger partial charge on any atom is -0.492 e. The quantitative estimate of drug-likeness (QED) is 0.852. The van der Waals surface area contributed by atoms with Crippen LogP contribution in [0, 0.1) is 5.82 Å². The molecular formula is C16H16Cl2FNO. The number of nitrogens with one attached hydrogen (secondary N) is 1. The summed E-state index contributed by atoms with van der Waals surface area (Å²) < 4.78 is 19.1. The number of halogens is 3.